The van der Waals surface area contributed by atoms with E-state index in [0.29, 0.717) is 6.61 Å². The Hall–Kier alpha value is -2.08. The quantitative estimate of drug-likeness (QED) is 0.778. The molecule has 3 atom stereocenters. The van der Waals surface area contributed by atoms with Gasteiger partial charge in [-0.2, -0.15) is 0 Å². The summed E-state index contributed by atoms with van der Waals surface area (Å²) in [6.07, 6.45) is 1.47. The summed E-state index contributed by atoms with van der Waals surface area (Å²) in [6, 6.07) is 18.3. The van der Waals surface area contributed by atoms with Crippen LogP contribution < -0.4 is 9.47 Å². The number of fused-ring (bicyclic) bond motifs is 1. The van der Waals surface area contributed by atoms with Crippen LogP contribution in [0.3, 0.4) is 0 Å². The lowest BCUT2D eigenvalue weighted by Gasteiger charge is -2.40. The third-order valence-electron chi connectivity index (χ3n) is 6.17. The molecule has 29 heavy (non-hydrogen) atoms. The van der Waals surface area contributed by atoms with Crippen LogP contribution in [0, 0.1) is 0 Å². The highest BCUT2D eigenvalue weighted by atomic mass is 16.6. The normalized spacial score (nSPS) is 22.2. The zero-order valence-electron chi connectivity index (χ0n) is 17.2. The zero-order chi connectivity index (χ0) is 20.1. The van der Waals surface area contributed by atoms with Gasteiger partial charge in [-0.25, -0.2) is 0 Å². The Morgan fingerprint density at radius 3 is 2.38 bits per heavy atom. The van der Waals surface area contributed by atoms with E-state index >= 15 is 0 Å². The molecule has 5 nitrogen and oxygen atoms in total. The van der Waals surface area contributed by atoms with Crippen molar-refractivity contribution in [3.8, 4) is 11.5 Å². The Morgan fingerprint density at radius 2 is 1.66 bits per heavy atom. The molecule has 0 bridgehead atoms. The lowest BCUT2D eigenvalue weighted by molar-refractivity contribution is -0.0498. The summed E-state index contributed by atoms with van der Waals surface area (Å²) in [7, 11) is 0. The molecule has 3 unspecified atom stereocenters. The minimum atomic E-state index is -0.286. The molecule has 4 rings (SSSR count). The average Bonchev–Trinajstić information content (AvgIpc) is 2.80. The molecule has 0 amide bonds. The van der Waals surface area contributed by atoms with E-state index in [-0.39, 0.29) is 18.2 Å². The maximum atomic E-state index is 10.5. The molecule has 1 saturated heterocycles. The molecule has 0 saturated carbocycles. The van der Waals surface area contributed by atoms with Gasteiger partial charge in [-0.05, 0) is 37.1 Å². The maximum Gasteiger partial charge on any atom is 0.187 e. The summed E-state index contributed by atoms with van der Waals surface area (Å²) in [5.41, 5.74) is 1.24. The molecule has 2 aromatic carbocycles. The minimum absolute atomic E-state index is 0.00830. The van der Waals surface area contributed by atoms with Crippen molar-refractivity contribution in [2.45, 2.75) is 38.0 Å². The fourth-order valence-electron chi connectivity index (χ4n) is 4.35. The number of nitrogens with zero attached hydrogens (tertiary/aromatic N) is 2. The van der Waals surface area contributed by atoms with Crippen LogP contribution in [-0.4, -0.2) is 66.6 Å². The van der Waals surface area contributed by atoms with E-state index in [1.165, 1.54) is 5.56 Å². The van der Waals surface area contributed by atoms with Gasteiger partial charge in [-0.15, -0.1) is 0 Å². The Morgan fingerprint density at radius 1 is 0.966 bits per heavy atom. The molecule has 2 aliphatic rings. The molecule has 5 heteroatoms. The molecule has 2 heterocycles. The standard InChI is InChI=1S/C24H32N2O3/c1-2-21(27)20(19-8-4-3-5-9-19)12-13-25-14-16-26(17-15-25)24-18-28-22-10-6-7-11-23(22)29-24/h3-11,20-21,24,27H,2,12-18H2,1H3. The van der Waals surface area contributed by atoms with Crippen LogP contribution in [0.2, 0.25) is 0 Å². The molecule has 1 fully saturated rings. The van der Waals surface area contributed by atoms with Crippen molar-refractivity contribution in [3.05, 3.63) is 60.2 Å². The van der Waals surface area contributed by atoms with Crippen molar-refractivity contribution < 1.29 is 14.6 Å². The topological polar surface area (TPSA) is 45.2 Å². The summed E-state index contributed by atoms with van der Waals surface area (Å²) < 4.78 is 12.0. The summed E-state index contributed by atoms with van der Waals surface area (Å²) in [5.74, 6) is 1.88. The van der Waals surface area contributed by atoms with Crippen molar-refractivity contribution in [3.63, 3.8) is 0 Å². The number of hydrogen-bond donors (Lipinski definition) is 1. The van der Waals surface area contributed by atoms with Crippen molar-refractivity contribution >= 4 is 0 Å². The SMILES string of the molecule is CCC(O)C(CCN1CCN(C2COc3ccccc3O2)CC1)c1ccccc1. The summed E-state index contributed by atoms with van der Waals surface area (Å²) in [4.78, 5) is 4.88. The molecule has 2 aromatic rings. The summed E-state index contributed by atoms with van der Waals surface area (Å²) in [6.45, 7) is 7.64. The Kier molecular flexibility index (Phi) is 6.70. The van der Waals surface area contributed by atoms with Crippen LogP contribution >= 0.6 is 0 Å². The van der Waals surface area contributed by atoms with Crippen LogP contribution in [0.5, 0.6) is 11.5 Å². The maximum absolute atomic E-state index is 10.5. The first-order valence-corrected chi connectivity index (χ1v) is 10.8. The molecule has 0 aliphatic carbocycles. The van der Waals surface area contributed by atoms with Crippen molar-refractivity contribution in [2.24, 2.45) is 0 Å². The van der Waals surface area contributed by atoms with Gasteiger partial charge in [0, 0.05) is 32.1 Å². The van der Waals surface area contributed by atoms with Gasteiger partial charge in [0.25, 0.3) is 0 Å². The van der Waals surface area contributed by atoms with E-state index in [1.807, 2.05) is 30.3 Å². The van der Waals surface area contributed by atoms with Crippen LogP contribution in [0.1, 0.15) is 31.2 Å². The van der Waals surface area contributed by atoms with E-state index in [0.717, 1.165) is 57.1 Å². The Bertz CT molecular complexity index is 762. The largest absolute Gasteiger partial charge is 0.484 e. The number of benzene rings is 2. The van der Waals surface area contributed by atoms with E-state index in [4.69, 9.17) is 9.47 Å². The molecule has 1 N–H and O–H groups in total. The molecule has 0 spiro atoms. The van der Waals surface area contributed by atoms with Crippen LogP contribution in [0.4, 0.5) is 0 Å². The summed E-state index contributed by atoms with van der Waals surface area (Å²) in [5, 5.41) is 10.5. The number of ether oxygens (including phenoxy) is 2. The van der Waals surface area contributed by atoms with Gasteiger partial charge in [0.05, 0.1) is 6.10 Å². The van der Waals surface area contributed by atoms with Gasteiger partial charge >= 0.3 is 0 Å². The minimum Gasteiger partial charge on any atom is -0.484 e. The first-order valence-electron chi connectivity index (χ1n) is 10.8. The van der Waals surface area contributed by atoms with Crippen LogP contribution in [-0.2, 0) is 0 Å². The highest BCUT2D eigenvalue weighted by Gasteiger charge is 2.30. The number of hydrogen-bond acceptors (Lipinski definition) is 5. The third kappa shape index (κ3) is 4.92. The zero-order valence-corrected chi connectivity index (χ0v) is 17.2. The van der Waals surface area contributed by atoms with Crippen molar-refractivity contribution in [2.75, 3.05) is 39.3 Å². The first-order chi connectivity index (χ1) is 14.2. The lowest BCUT2D eigenvalue weighted by Crippen LogP contribution is -2.54. The number of rotatable bonds is 7. The fraction of sp³-hybridized carbons (Fsp3) is 0.500. The molecule has 0 radical (unpaired) electrons. The van der Waals surface area contributed by atoms with Crippen molar-refractivity contribution in [1.82, 2.24) is 9.80 Å². The smallest absolute Gasteiger partial charge is 0.187 e. The number of aliphatic hydroxyl groups is 1. The van der Waals surface area contributed by atoms with E-state index < -0.39 is 0 Å². The Labute approximate surface area is 173 Å². The monoisotopic (exact) mass is 396 g/mol. The average molecular weight is 397 g/mol. The van der Waals surface area contributed by atoms with E-state index in [2.05, 4.69) is 41.0 Å². The predicted molar refractivity (Wildman–Crippen MR) is 114 cm³/mol. The van der Waals surface area contributed by atoms with Gasteiger partial charge in [-0.3, -0.25) is 4.90 Å². The van der Waals surface area contributed by atoms with Crippen molar-refractivity contribution in [1.29, 1.82) is 0 Å². The number of aliphatic hydroxyl groups excluding tert-OH is 1. The second-order valence-corrected chi connectivity index (χ2v) is 7.99. The third-order valence-corrected chi connectivity index (χ3v) is 6.17. The molecule has 2 aliphatic heterocycles. The molecule has 0 aromatic heterocycles. The second-order valence-electron chi connectivity index (χ2n) is 7.99. The predicted octanol–water partition coefficient (Wildman–Crippen LogP) is 3.35. The van der Waals surface area contributed by atoms with Gasteiger partial charge in [0.1, 0.15) is 6.61 Å². The highest BCUT2D eigenvalue weighted by molar-refractivity contribution is 5.40. The number of para-hydroxylation sites is 2. The van der Waals surface area contributed by atoms with Gasteiger partial charge < -0.3 is 19.5 Å². The van der Waals surface area contributed by atoms with E-state index in [9.17, 15) is 5.11 Å². The number of piperazine rings is 1. The molecular weight excluding hydrogens is 364 g/mol. The fourth-order valence-corrected chi connectivity index (χ4v) is 4.35. The van der Waals surface area contributed by atoms with Gasteiger partial charge in [0.15, 0.2) is 17.7 Å². The van der Waals surface area contributed by atoms with E-state index in [1.54, 1.807) is 0 Å². The van der Waals surface area contributed by atoms with Crippen LogP contribution in [0.15, 0.2) is 54.6 Å². The van der Waals surface area contributed by atoms with Gasteiger partial charge in [-0.1, -0.05) is 49.4 Å². The van der Waals surface area contributed by atoms with Gasteiger partial charge in [0.2, 0.25) is 0 Å². The molecule has 156 valence electrons. The first kappa shape index (κ1) is 20.2. The molecular formula is C24H32N2O3. The second kappa shape index (κ2) is 9.61. The Balaban J connectivity index is 1.27. The lowest BCUT2D eigenvalue weighted by atomic mass is 9.89. The van der Waals surface area contributed by atoms with Crippen LogP contribution in [0.25, 0.3) is 0 Å². The highest BCUT2D eigenvalue weighted by Crippen LogP contribution is 2.32. The summed E-state index contributed by atoms with van der Waals surface area (Å²) >= 11 is 0.